The number of nitrogens with one attached hydrogen (secondary N) is 1. The van der Waals surface area contributed by atoms with Gasteiger partial charge in [0.25, 0.3) is 0 Å². The van der Waals surface area contributed by atoms with E-state index in [0.29, 0.717) is 6.04 Å². The smallest absolute Gasteiger partial charge is 0.0360 e. The molecule has 1 atom stereocenters. The number of rotatable bonds is 4. The van der Waals surface area contributed by atoms with Crippen molar-refractivity contribution in [3.8, 4) is 0 Å². The first kappa shape index (κ1) is 8.50. The highest BCUT2D eigenvalue weighted by Crippen LogP contribution is 2.18. The molecule has 1 rings (SSSR count). The van der Waals surface area contributed by atoms with E-state index in [1.54, 1.807) is 11.3 Å². The second-order valence-electron chi connectivity index (χ2n) is 2.42. The molecule has 1 nitrogen and oxygen atoms in total. The second kappa shape index (κ2) is 4.31. The van der Waals surface area contributed by atoms with Crippen LogP contribution in [0.2, 0.25) is 0 Å². The molecule has 60 valence electrons. The van der Waals surface area contributed by atoms with Crippen LogP contribution in [0, 0.1) is 0 Å². The van der Waals surface area contributed by atoms with E-state index >= 15 is 0 Å². The first-order chi connectivity index (χ1) is 5.38. The molecule has 1 aromatic heterocycles. The van der Waals surface area contributed by atoms with Crippen LogP contribution in [0.3, 0.4) is 0 Å². The number of hydrogen-bond acceptors (Lipinski definition) is 2. The van der Waals surface area contributed by atoms with Crippen LogP contribution < -0.4 is 5.32 Å². The van der Waals surface area contributed by atoms with Crippen molar-refractivity contribution in [1.29, 1.82) is 0 Å². The van der Waals surface area contributed by atoms with E-state index in [4.69, 9.17) is 0 Å². The third-order valence-corrected chi connectivity index (χ3v) is 2.40. The summed E-state index contributed by atoms with van der Waals surface area (Å²) in [6.45, 7) is 3.72. The first-order valence-corrected chi connectivity index (χ1v) is 4.63. The lowest BCUT2D eigenvalue weighted by Gasteiger charge is -2.11. The summed E-state index contributed by atoms with van der Waals surface area (Å²) in [5, 5.41) is 7.51. The molecule has 0 bridgehead atoms. The van der Waals surface area contributed by atoms with E-state index in [-0.39, 0.29) is 0 Å². The SMILES string of the molecule is C=CCC(NC)c1ccsc1. The van der Waals surface area contributed by atoms with E-state index in [0.717, 1.165) is 6.42 Å². The summed E-state index contributed by atoms with van der Waals surface area (Å²) in [6, 6.07) is 2.59. The molecule has 0 aromatic carbocycles. The van der Waals surface area contributed by atoms with Gasteiger partial charge in [0, 0.05) is 6.04 Å². The third kappa shape index (κ3) is 2.17. The van der Waals surface area contributed by atoms with Gasteiger partial charge < -0.3 is 5.32 Å². The van der Waals surface area contributed by atoms with Gasteiger partial charge in [-0.3, -0.25) is 0 Å². The van der Waals surface area contributed by atoms with Crippen LogP contribution in [0.1, 0.15) is 18.0 Å². The normalized spacial score (nSPS) is 12.8. The molecule has 0 aliphatic carbocycles. The molecule has 1 unspecified atom stereocenters. The number of hydrogen-bond donors (Lipinski definition) is 1. The Labute approximate surface area is 71.8 Å². The predicted molar refractivity (Wildman–Crippen MR) is 50.9 cm³/mol. The average molecular weight is 167 g/mol. The molecule has 0 saturated carbocycles. The molecule has 0 spiro atoms. The molecule has 0 saturated heterocycles. The molecule has 0 aliphatic heterocycles. The highest BCUT2D eigenvalue weighted by atomic mass is 32.1. The zero-order valence-electron chi connectivity index (χ0n) is 6.71. The minimum absolute atomic E-state index is 0.443. The zero-order chi connectivity index (χ0) is 8.10. The Morgan fingerprint density at radius 1 is 1.82 bits per heavy atom. The van der Waals surface area contributed by atoms with Gasteiger partial charge in [0.05, 0.1) is 0 Å². The van der Waals surface area contributed by atoms with Crippen molar-refractivity contribution in [2.45, 2.75) is 12.5 Å². The quantitative estimate of drug-likeness (QED) is 0.680. The molecule has 0 aliphatic rings. The summed E-state index contributed by atoms with van der Waals surface area (Å²) >= 11 is 1.73. The lowest BCUT2D eigenvalue weighted by molar-refractivity contribution is 0.606. The Balaban J connectivity index is 2.62. The maximum absolute atomic E-state index is 3.72. The van der Waals surface area contributed by atoms with Crippen LogP contribution in [0.15, 0.2) is 29.5 Å². The van der Waals surface area contributed by atoms with Gasteiger partial charge in [-0.1, -0.05) is 6.08 Å². The third-order valence-electron chi connectivity index (χ3n) is 1.70. The Morgan fingerprint density at radius 3 is 3.09 bits per heavy atom. The summed E-state index contributed by atoms with van der Waals surface area (Å²) in [4.78, 5) is 0. The van der Waals surface area contributed by atoms with E-state index in [2.05, 4.69) is 28.7 Å². The maximum atomic E-state index is 3.72. The molecule has 0 radical (unpaired) electrons. The zero-order valence-corrected chi connectivity index (χ0v) is 7.53. The topological polar surface area (TPSA) is 12.0 Å². The van der Waals surface area contributed by atoms with Crippen molar-refractivity contribution in [1.82, 2.24) is 5.32 Å². The first-order valence-electron chi connectivity index (χ1n) is 3.68. The van der Waals surface area contributed by atoms with Gasteiger partial charge in [-0.05, 0) is 35.9 Å². The lowest BCUT2D eigenvalue weighted by Crippen LogP contribution is -2.14. The van der Waals surface area contributed by atoms with Crippen molar-refractivity contribution in [3.63, 3.8) is 0 Å². The van der Waals surface area contributed by atoms with Gasteiger partial charge in [0.2, 0.25) is 0 Å². The van der Waals surface area contributed by atoms with Gasteiger partial charge in [-0.2, -0.15) is 11.3 Å². The standard InChI is InChI=1S/C9H13NS/c1-3-4-9(10-2)8-5-6-11-7-8/h3,5-7,9-10H,1,4H2,2H3. The Bertz CT molecular complexity index is 203. The van der Waals surface area contributed by atoms with Gasteiger partial charge in [0.15, 0.2) is 0 Å². The molecule has 1 N–H and O–H groups in total. The Hall–Kier alpha value is -0.600. The van der Waals surface area contributed by atoms with E-state index in [9.17, 15) is 0 Å². The van der Waals surface area contributed by atoms with E-state index in [1.807, 2.05) is 13.1 Å². The van der Waals surface area contributed by atoms with E-state index < -0.39 is 0 Å². The van der Waals surface area contributed by atoms with Gasteiger partial charge in [0.1, 0.15) is 0 Å². The van der Waals surface area contributed by atoms with Gasteiger partial charge in [-0.15, -0.1) is 6.58 Å². The summed E-state index contributed by atoms with van der Waals surface area (Å²) in [7, 11) is 1.98. The monoisotopic (exact) mass is 167 g/mol. The van der Waals surface area contributed by atoms with Crippen LogP contribution in [0.4, 0.5) is 0 Å². The number of thiophene rings is 1. The molecular formula is C9H13NS. The van der Waals surface area contributed by atoms with Crippen LogP contribution in [-0.4, -0.2) is 7.05 Å². The average Bonchev–Trinajstić information content (AvgIpc) is 2.52. The minimum Gasteiger partial charge on any atom is -0.313 e. The Morgan fingerprint density at radius 2 is 2.64 bits per heavy atom. The largest absolute Gasteiger partial charge is 0.313 e. The van der Waals surface area contributed by atoms with Crippen molar-refractivity contribution < 1.29 is 0 Å². The fourth-order valence-electron chi connectivity index (χ4n) is 1.06. The van der Waals surface area contributed by atoms with Gasteiger partial charge >= 0.3 is 0 Å². The summed E-state index contributed by atoms with van der Waals surface area (Å²) in [6.07, 6.45) is 2.94. The molecule has 0 amide bonds. The summed E-state index contributed by atoms with van der Waals surface area (Å²) < 4.78 is 0. The van der Waals surface area contributed by atoms with Crippen LogP contribution >= 0.6 is 11.3 Å². The van der Waals surface area contributed by atoms with Crippen molar-refractivity contribution >= 4 is 11.3 Å². The van der Waals surface area contributed by atoms with E-state index in [1.165, 1.54) is 5.56 Å². The molecule has 1 aromatic rings. The van der Waals surface area contributed by atoms with Crippen LogP contribution in [0.5, 0.6) is 0 Å². The highest BCUT2D eigenvalue weighted by Gasteiger charge is 2.05. The minimum atomic E-state index is 0.443. The molecule has 1 heterocycles. The van der Waals surface area contributed by atoms with Crippen molar-refractivity contribution in [2.24, 2.45) is 0 Å². The lowest BCUT2D eigenvalue weighted by atomic mass is 10.1. The molecular weight excluding hydrogens is 154 g/mol. The predicted octanol–water partition coefficient (Wildman–Crippen LogP) is 2.58. The van der Waals surface area contributed by atoms with Crippen molar-refractivity contribution in [2.75, 3.05) is 7.05 Å². The van der Waals surface area contributed by atoms with Crippen LogP contribution in [-0.2, 0) is 0 Å². The van der Waals surface area contributed by atoms with Gasteiger partial charge in [-0.25, -0.2) is 0 Å². The summed E-state index contributed by atoms with van der Waals surface area (Å²) in [5.41, 5.74) is 1.36. The Kier molecular flexibility index (Phi) is 3.33. The fourth-order valence-corrected chi connectivity index (χ4v) is 1.77. The molecule has 2 heteroatoms. The molecule has 0 fully saturated rings. The second-order valence-corrected chi connectivity index (χ2v) is 3.20. The fraction of sp³-hybridized carbons (Fsp3) is 0.333. The highest BCUT2D eigenvalue weighted by molar-refractivity contribution is 7.07. The molecule has 11 heavy (non-hydrogen) atoms. The summed E-state index contributed by atoms with van der Waals surface area (Å²) in [5.74, 6) is 0. The van der Waals surface area contributed by atoms with Crippen molar-refractivity contribution in [3.05, 3.63) is 35.0 Å². The maximum Gasteiger partial charge on any atom is 0.0360 e. The van der Waals surface area contributed by atoms with Crippen LogP contribution in [0.25, 0.3) is 0 Å².